The summed E-state index contributed by atoms with van der Waals surface area (Å²) in [7, 11) is -3.30. The van der Waals surface area contributed by atoms with Gasteiger partial charge in [-0.15, -0.1) is 0 Å². The van der Waals surface area contributed by atoms with Gasteiger partial charge in [0, 0.05) is 18.3 Å². The third kappa shape index (κ3) is 3.33. The van der Waals surface area contributed by atoms with Gasteiger partial charge in [-0.3, -0.25) is 4.79 Å². The average Bonchev–Trinajstić information content (AvgIpc) is 2.49. The Kier molecular flexibility index (Phi) is 4.21. The van der Waals surface area contributed by atoms with Gasteiger partial charge in [0.25, 0.3) is 0 Å². The number of fused-ring (bicyclic) bond motifs is 1. The van der Waals surface area contributed by atoms with Gasteiger partial charge in [0.15, 0.2) is 11.5 Å². The van der Waals surface area contributed by atoms with Crippen molar-refractivity contribution in [3.05, 3.63) is 18.2 Å². The van der Waals surface area contributed by atoms with Gasteiger partial charge >= 0.3 is 0 Å². The molecule has 0 aromatic heterocycles. The van der Waals surface area contributed by atoms with Gasteiger partial charge in [-0.05, 0) is 25.0 Å². The first-order chi connectivity index (χ1) is 10.5. The topological polar surface area (TPSA) is 84.9 Å². The molecule has 1 saturated heterocycles. The van der Waals surface area contributed by atoms with E-state index in [4.69, 9.17) is 9.47 Å². The highest BCUT2D eigenvalue weighted by Crippen LogP contribution is 2.32. The van der Waals surface area contributed by atoms with Crippen molar-refractivity contribution >= 4 is 21.6 Å². The zero-order valence-electron chi connectivity index (χ0n) is 12.1. The maximum Gasteiger partial charge on any atom is 0.239 e. The number of rotatable bonds is 3. The summed E-state index contributed by atoms with van der Waals surface area (Å²) in [6.45, 7) is 1.22. The molecular weight excluding hydrogens is 308 g/mol. The Labute approximate surface area is 129 Å². The van der Waals surface area contributed by atoms with Crippen LogP contribution in [-0.4, -0.2) is 50.7 Å². The summed E-state index contributed by atoms with van der Waals surface area (Å²) in [4.78, 5) is 12.0. The highest BCUT2D eigenvalue weighted by molar-refractivity contribution is 7.89. The third-order valence-electron chi connectivity index (χ3n) is 3.60. The fourth-order valence-electron chi connectivity index (χ4n) is 2.50. The van der Waals surface area contributed by atoms with E-state index in [1.54, 1.807) is 18.2 Å². The van der Waals surface area contributed by atoms with Crippen LogP contribution in [0.3, 0.4) is 0 Å². The second kappa shape index (κ2) is 6.13. The smallest absolute Gasteiger partial charge is 0.239 e. The van der Waals surface area contributed by atoms with Gasteiger partial charge < -0.3 is 14.8 Å². The minimum atomic E-state index is -3.30. The van der Waals surface area contributed by atoms with Gasteiger partial charge in [0.05, 0.1) is 12.3 Å². The summed E-state index contributed by atoms with van der Waals surface area (Å²) < 4.78 is 35.8. The number of carbonyl (C=O) groups excluding carboxylic acids is 1. The fraction of sp³-hybridized carbons (Fsp3) is 0.500. The maximum atomic E-state index is 12.0. The minimum absolute atomic E-state index is 0.115. The van der Waals surface area contributed by atoms with Gasteiger partial charge in [-0.25, -0.2) is 8.42 Å². The number of anilines is 1. The molecule has 2 aliphatic heterocycles. The lowest BCUT2D eigenvalue weighted by molar-refractivity contribution is -0.116. The lowest BCUT2D eigenvalue weighted by Crippen LogP contribution is -2.42. The van der Waals surface area contributed by atoms with Gasteiger partial charge in [0.2, 0.25) is 15.9 Å². The van der Waals surface area contributed by atoms with Gasteiger partial charge in [-0.1, -0.05) is 0 Å². The minimum Gasteiger partial charge on any atom is -0.486 e. The molecule has 1 aromatic carbocycles. The van der Waals surface area contributed by atoms with Crippen LogP contribution in [-0.2, 0) is 14.8 Å². The quantitative estimate of drug-likeness (QED) is 0.889. The van der Waals surface area contributed by atoms with E-state index in [1.807, 2.05) is 0 Å². The third-order valence-corrected chi connectivity index (χ3v) is 5.50. The normalized spacial score (nSPS) is 20.4. The van der Waals surface area contributed by atoms with E-state index < -0.39 is 10.0 Å². The molecule has 0 unspecified atom stereocenters. The lowest BCUT2D eigenvalue weighted by atomic mass is 10.2. The van der Waals surface area contributed by atoms with Crippen molar-refractivity contribution in [3.63, 3.8) is 0 Å². The molecule has 0 aliphatic carbocycles. The monoisotopic (exact) mass is 326 g/mol. The number of nitrogens with one attached hydrogen (secondary N) is 1. The summed E-state index contributed by atoms with van der Waals surface area (Å²) in [5.74, 6) is 0.976. The predicted molar refractivity (Wildman–Crippen MR) is 80.7 cm³/mol. The molecule has 8 heteroatoms. The Hall–Kier alpha value is -1.80. The molecule has 0 spiro atoms. The Morgan fingerprint density at radius 2 is 1.95 bits per heavy atom. The van der Waals surface area contributed by atoms with Crippen molar-refractivity contribution in [3.8, 4) is 11.5 Å². The first-order valence-electron chi connectivity index (χ1n) is 7.22. The van der Waals surface area contributed by atoms with E-state index in [9.17, 15) is 13.2 Å². The fourth-order valence-corrected chi connectivity index (χ4v) is 4.05. The molecule has 1 N–H and O–H groups in total. The first kappa shape index (κ1) is 15.1. The van der Waals surface area contributed by atoms with E-state index in [0.717, 1.165) is 6.42 Å². The molecule has 22 heavy (non-hydrogen) atoms. The summed E-state index contributed by atoms with van der Waals surface area (Å²) >= 11 is 0. The first-order valence-corrected chi connectivity index (χ1v) is 8.83. The number of carbonyl (C=O) groups is 1. The van der Waals surface area contributed by atoms with Crippen LogP contribution in [0.15, 0.2) is 18.2 Å². The molecule has 0 saturated carbocycles. The van der Waals surface area contributed by atoms with E-state index in [2.05, 4.69) is 5.32 Å². The number of nitrogens with zero attached hydrogens (tertiary/aromatic N) is 1. The zero-order chi connectivity index (χ0) is 15.6. The van der Waals surface area contributed by atoms with Crippen molar-refractivity contribution in [2.75, 3.05) is 37.4 Å². The Morgan fingerprint density at radius 3 is 2.73 bits per heavy atom. The SMILES string of the molecule is O=C(CN1CCCCS1(=O)=O)Nc1ccc2c(c1)OCCO2. The number of sulfonamides is 1. The summed E-state index contributed by atoms with van der Waals surface area (Å²) in [5, 5.41) is 2.70. The predicted octanol–water partition coefficient (Wildman–Crippen LogP) is 0.822. The number of hydrogen-bond donors (Lipinski definition) is 1. The second-order valence-electron chi connectivity index (χ2n) is 5.26. The second-order valence-corrected chi connectivity index (χ2v) is 7.35. The van der Waals surface area contributed by atoms with Crippen molar-refractivity contribution in [1.82, 2.24) is 4.31 Å². The molecule has 0 atom stereocenters. The average molecular weight is 326 g/mol. The van der Waals surface area contributed by atoms with Gasteiger partial charge in [0.1, 0.15) is 13.2 Å². The lowest BCUT2D eigenvalue weighted by Gasteiger charge is -2.25. The van der Waals surface area contributed by atoms with Crippen LogP contribution in [0.25, 0.3) is 0 Å². The molecule has 1 fully saturated rings. The molecule has 0 radical (unpaired) electrons. The molecule has 1 aromatic rings. The Bertz CT molecular complexity index is 674. The van der Waals surface area contributed by atoms with Crippen LogP contribution in [0.1, 0.15) is 12.8 Å². The summed E-state index contributed by atoms with van der Waals surface area (Å²) in [6.07, 6.45) is 1.44. The molecule has 2 aliphatic rings. The summed E-state index contributed by atoms with van der Waals surface area (Å²) in [5.41, 5.74) is 0.559. The van der Waals surface area contributed by atoms with Crippen molar-refractivity contribution in [2.24, 2.45) is 0 Å². The molecular formula is C14H18N2O5S. The van der Waals surface area contributed by atoms with Crippen LogP contribution >= 0.6 is 0 Å². The highest BCUT2D eigenvalue weighted by Gasteiger charge is 2.27. The van der Waals surface area contributed by atoms with E-state index in [-0.39, 0.29) is 18.2 Å². The summed E-state index contributed by atoms with van der Waals surface area (Å²) in [6, 6.07) is 5.11. The zero-order valence-corrected chi connectivity index (χ0v) is 12.9. The maximum absolute atomic E-state index is 12.0. The van der Waals surface area contributed by atoms with E-state index >= 15 is 0 Å². The van der Waals surface area contributed by atoms with Crippen LogP contribution < -0.4 is 14.8 Å². The van der Waals surface area contributed by atoms with Crippen molar-refractivity contribution in [1.29, 1.82) is 0 Å². The van der Waals surface area contributed by atoms with Crippen LogP contribution in [0, 0.1) is 0 Å². The molecule has 2 heterocycles. The van der Waals surface area contributed by atoms with Crippen LogP contribution in [0.5, 0.6) is 11.5 Å². The number of benzene rings is 1. The number of hydrogen-bond acceptors (Lipinski definition) is 5. The standard InChI is InChI=1S/C14H18N2O5S/c17-14(10-16-5-1-2-8-22(16,18)19)15-11-3-4-12-13(9-11)21-7-6-20-12/h3-4,9H,1-2,5-8,10H2,(H,15,17). The van der Waals surface area contributed by atoms with Crippen LogP contribution in [0.4, 0.5) is 5.69 Å². The van der Waals surface area contributed by atoms with Gasteiger partial charge in [-0.2, -0.15) is 4.31 Å². The van der Waals surface area contributed by atoms with Crippen LogP contribution in [0.2, 0.25) is 0 Å². The Morgan fingerprint density at radius 1 is 1.18 bits per heavy atom. The van der Waals surface area contributed by atoms with E-state index in [0.29, 0.717) is 43.4 Å². The van der Waals surface area contributed by atoms with Crippen molar-refractivity contribution < 1.29 is 22.7 Å². The number of ether oxygens (including phenoxy) is 2. The largest absolute Gasteiger partial charge is 0.486 e. The molecule has 120 valence electrons. The van der Waals surface area contributed by atoms with E-state index in [1.165, 1.54) is 4.31 Å². The Balaban J connectivity index is 1.64. The van der Waals surface area contributed by atoms with Crippen molar-refractivity contribution in [2.45, 2.75) is 12.8 Å². The molecule has 1 amide bonds. The highest BCUT2D eigenvalue weighted by atomic mass is 32.2. The molecule has 0 bridgehead atoms. The molecule has 7 nitrogen and oxygen atoms in total. The molecule has 3 rings (SSSR count). The number of amides is 1.